The van der Waals surface area contributed by atoms with E-state index in [0.717, 1.165) is 23.2 Å². The predicted octanol–water partition coefficient (Wildman–Crippen LogP) is 5.60. The van der Waals surface area contributed by atoms with Gasteiger partial charge in [-0.3, -0.25) is 4.79 Å². The Morgan fingerprint density at radius 3 is 2.36 bits per heavy atom. The highest BCUT2D eigenvalue weighted by Gasteiger charge is 2.23. The average molecular weight is 501 g/mol. The average Bonchev–Trinajstić information content (AvgIpc) is 3.24. The maximum atomic E-state index is 13.5. The standard InChI is InChI=1S/C24H18ClFN2O3S2/c1-33(30,31)20-5-3-2-4-19(20)22-21(16-8-12-18(26)13-9-16)28-24(32-22)23(29)27-14-15-6-10-17(25)11-7-15/h2-13H,14H2,1H3,(H,27,29). The Labute approximate surface area is 199 Å². The van der Waals surface area contributed by atoms with Crippen molar-refractivity contribution in [1.82, 2.24) is 10.3 Å². The maximum absolute atomic E-state index is 13.5. The van der Waals surface area contributed by atoms with E-state index in [4.69, 9.17) is 11.6 Å². The Morgan fingerprint density at radius 1 is 1.03 bits per heavy atom. The van der Waals surface area contributed by atoms with Crippen molar-refractivity contribution in [1.29, 1.82) is 0 Å². The molecule has 4 rings (SSSR count). The molecular weight excluding hydrogens is 483 g/mol. The van der Waals surface area contributed by atoms with Gasteiger partial charge in [0.15, 0.2) is 14.8 Å². The Kier molecular flexibility index (Phi) is 6.60. The van der Waals surface area contributed by atoms with Crippen molar-refractivity contribution in [2.45, 2.75) is 11.4 Å². The van der Waals surface area contributed by atoms with E-state index in [-0.39, 0.29) is 16.4 Å². The van der Waals surface area contributed by atoms with Crippen LogP contribution < -0.4 is 5.32 Å². The van der Waals surface area contributed by atoms with E-state index in [1.54, 1.807) is 42.5 Å². The minimum absolute atomic E-state index is 0.130. The van der Waals surface area contributed by atoms with E-state index in [9.17, 15) is 17.6 Å². The van der Waals surface area contributed by atoms with Gasteiger partial charge in [-0.15, -0.1) is 11.3 Å². The lowest BCUT2D eigenvalue weighted by atomic mass is 10.1. The van der Waals surface area contributed by atoms with Gasteiger partial charge in [0.1, 0.15) is 5.82 Å². The van der Waals surface area contributed by atoms with Crippen molar-refractivity contribution in [2.75, 3.05) is 6.26 Å². The molecule has 5 nitrogen and oxygen atoms in total. The number of carbonyl (C=O) groups is 1. The number of aromatic nitrogens is 1. The summed E-state index contributed by atoms with van der Waals surface area (Å²) >= 11 is 6.98. The molecule has 168 valence electrons. The Morgan fingerprint density at radius 2 is 1.70 bits per heavy atom. The summed E-state index contributed by atoms with van der Waals surface area (Å²) in [4.78, 5) is 18.0. The van der Waals surface area contributed by atoms with Crippen molar-refractivity contribution < 1.29 is 17.6 Å². The summed E-state index contributed by atoms with van der Waals surface area (Å²) in [6.45, 7) is 0.275. The summed E-state index contributed by atoms with van der Waals surface area (Å²) in [6, 6.07) is 19.3. The van der Waals surface area contributed by atoms with Gasteiger partial charge in [-0.1, -0.05) is 41.9 Å². The maximum Gasteiger partial charge on any atom is 0.280 e. The van der Waals surface area contributed by atoms with E-state index in [0.29, 0.717) is 26.7 Å². The minimum atomic E-state index is -3.54. The predicted molar refractivity (Wildman–Crippen MR) is 129 cm³/mol. The zero-order valence-corrected chi connectivity index (χ0v) is 19.8. The highest BCUT2D eigenvalue weighted by Crippen LogP contribution is 2.39. The van der Waals surface area contributed by atoms with Crippen LogP contribution in [0.15, 0.2) is 77.7 Å². The van der Waals surface area contributed by atoms with E-state index in [1.165, 1.54) is 18.2 Å². The fraction of sp³-hybridized carbons (Fsp3) is 0.0833. The fourth-order valence-electron chi connectivity index (χ4n) is 3.24. The third kappa shape index (κ3) is 5.30. The number of hydrogen-bond donors (Lipinski definition) is 1. The quantitative estimate of drug-likeness (QED) is 0.373. The van der Waals surface area contributed by atoms with Gasteiger partial charge in [0.2, 0.25) is 0 Å². The number of nitrogens with zero attached hydrogens (tertiary/aromatic N) is 1. The van der Waals surface area contributed by atoms with Gasteiger partial charge < -0.3 is 5.32 Å². The number of halogens is 2. The number of benzene rings is 3. The first kappa shape index (κ1) is 23.1. The fourth-order valence-corrected chi connectivity index (χ4v) is 5.37. The van der Waals surface area contributed by atoms with Crippen LogP contribution in [0.4, 0.5) is 4.39 Å². The zero-order chi connectivity index (χ0) is 23.6. The van der Waals surface area contributed by atoms with Gasteiger partial charge in [-0.05, 0) is 48.0 Å². The van der Waals surface area contributed by atoms with Gasteiger partial charge in [0, 0.05) is 29.0 Å². The second kappa shape index (κ2) is 9.43. The van der Waals surface area contributed by atoms with Gasteiger partial charge in [0.05, 0.1) is 15.5 Å². The molecule has 0 fully saturated rings. The summed E-state index contributed by atoms with van der Waals surface area (Å²) in [5, 5.41) is 3.59. The molecule has 0 aliphatic rings. The van der Waals surface area contributed by atoms with Crippen molar-refractivity contribution in [2.24, 2.45) is 0 Å². The van der Waals surface area contributed by atoms with Crippen LogP contribution in [0.3, 0.4) is 0 Å². The molecule has 33 heavy (non-hydrogen) atoms. The zero-order valence-electron chi connectivity index (χ0n) is 17.4. The minimum Gasteiger partial charge on any atom is -0.346 e. The third-order valence-electron chi connectivity index (χ3n) is 4.84. The molecule has 0 saturated carbocycles. The van der Waals surface area contributed by atoms with Crippen LogP contribution in [-0.2, 0) is 16.4 Å². The van der Waals surface area contributed by atoms with E-state index in [2.05, 4.69) is 10.3 Å². The van der Waals surface area contributed by atoms with E-state index in [1.807, 2.05) is 12.1 Å². The summed E-state index contributed by atoms with van der Waals surface area (Å²) in [6.07, 6.45) is 1.13. The van der Waals surface area contributed by atoms with Crippen molar-refractivity contribution in [3.63, 3.8) is 0 Å². The molecule has 0 atom stereocenters. The first-order valence-corrected chi connectivity index (χ1v) is 12.9. The smallest absolute Gasteiger partial charge is 0.280 e. The monoisotopic (exact) mass is 500 g/mol. The molecule has 3 aromatic carbocycles. The van der Waals surface area contributed by atoms with Crippen LogP contribution in [0.5, 0.6) is 0 Å². The molecule has 1 aromatic heterocycles. The highest BCUT2D eigenvalue weighted by molar-refractivity contribution is 7.90. The molecular formula is C24H18ClFN2O3S2. The lowest BCUT2D eigenvalue weighted by Gasteiger charge is -2.08. The summed E-state index contributed by atoms with van der Waals surface area (Å²) in [7, 11) is -3.54. The molecule has 0 aliphatic carbocycles. The van der Waals surface area contributed by atoms with E-state index >= 15 is 0 Å². The van der Waals surface area contributed by atoms with Gasteiger partial charge >= 0.3 is 0 Å². The van der Waals surface area contributed by atoms with Crippen molar-refractivity contribution >= 4 is 38.7 Å². The molecule has 0 saturated heterocycles. The number of amides is 1. The molecule has 0 aliphatic heterocycles. The Balaban J connectivity index is 1.76. The first-order valence-electron chi connectivity index (χ1n) is 9.81. The van der Waals surface area contributed by atoms with Gasteiger partial charge in [-0.2, -0.15) is 0 Å². The molecule has 9 heteroatoms. The topological polar surface area (TPSA) is 76.1 Å². The molecule has 0 radical (unpaired) electrons. The number of thiazole rings is 1. The van der Waals surface area contributed by atoms with Crippen LogP contribution in [0.2, 0.25) is 5.02 Å². The second-order valence-electron chi connectivity index (χ2n) is 7.28. The second-order valence-corrected chi connectivity index (χ2v) is 10.7. The number of nitrogens with one attached hydrogen (secondary N) is 1. The summed E-state index contributed by atoms with van der Waals surface area (Å²) in [5.41, 5.74) is 2.29. The van der Waals surface area contributed by atoms with Crippen LogP contribution in [0, 0.1) is 5.82 Å². The summed E-state index contributed by atoms with van der Waals surface area (Å²) < 4.78 is 38.3. The molecule has 1 amide bonds. The van der Waals surface area contributed by atoms with Crippen molar-refractivity contribution in [3.8, 4) is 21.7 Å². The molecule has 0 unspecified atom stereocenters. The lowest BCUT2D eigenvalue weighted by Crippen LogP contribution is -2.22. The van der Waals surface area contributed by atoms with Gasteiger partial charge in [0.25, 0.3) is 5.91 Å². The largest absolute Gasteiger partial charge is 0.346 e. The molecule has 0 bridgehead atoms. The van der Waals surface area contributed by atoms with Crippen LogP contribution in [0.25, 0.3) is 21.7 Å². The normalized spacial score (nSPS) is 11.4. The van der Waals surface area contributed by atoms with E-state index < -0.39 is 21.6 Å². The molecule has 4 aromatic rings. The Bertz CT molecular complexity index is 1420. The highest BCUT2D eigenvalue weighted by atomic mass is 35.5. The van der Waals surface area contributed by atoms with Crippen LogP contribution in [0.1, 0.15) is 15.4 Å². The molecule has 0 spiro atoms. The molecule has 1 heterocycles. The molecule has 1 N–H and O–H groups in total. The number of carbonyl (C=O) groups excluding carboxylic acids is 1. The van der Waals surface area contributed by atoms with Crippen LogP contribution >= 0.6 is 22.9 Å². The van der Waals surface area contributed by atoms with Crippen LogP contribution in [-0.4, -0.2) is 25.6 Å². The number of rotatable bonds is 6. The Hall–Kier alpha value is -3.07. The van der Waals surface area contributed by atoms with Crippen molar-refractivity contribution in [3.05, 3.63) is 94.2 Å². The summed E-state index contributed by atoms with van der Waals surface area (Å²) in [5.74, 6) is -0.811. The third-order valence-corrected chi connectivity index (χ3v) is 7.33. The SMILES string of the molecule is CS(=O)(=O)c1ccccc1-c1sc(C(=O)NCc2ccc(Cl)cc2)nc1-c1ccc(F)cc1. The number of sulfone groups is 1. The lowest BCUT2D eigenvalue weighted by molar-refractivity contribution is 0.0950. The first-order chi connectivity index (χ1) is 15.7. The number of hydrogen-bond acceptors (Lipinski definition) is 5. The van der Waals surface area contributed by atoms with Gasteiger partial charge in [-0.25, -0.2) is 17.8 Å².